The van der Waals surface area contributed by atoms with Gasteiger partial charge in [-0.2, -0.15) is 0 Å². The van der Waals surface area contributed by atoms with Crippen LogP contribution in [-0.4, -0.2) is 33.3 Å². The van der Waals surface area contributed by atoms with Gasteiger partial charge in [-0.1, -0.05) is 18.2 Å². The van der Waals surface area contributed by atoms with E-state index in [1.165, 1.54) is 19.8 Å². The van der Waals surface area contributed by atoms with Crippen molar-refractivity contribution in [2.24, 2.45) is 5.41 Å². The second kappa shape index (κ2) is 6.98. The third-order valence-corrected chi connectivity index (χ3v) is 5.66. The molecule has 2 aromatic rings. The number of aryl methyl sites for hydroxylation is 1. The van der Waals surface area contributed by atoms with E-state index in [0.29, 0.717) is 6.42 Å². The number of rotatable bonds is 4. The van der Waals surface area contributed by atoms with Crippen LogP contribution in [0.25, 0.3) is 10.8 Å². The van der Waals surface area contributed by atoms with E-state index >= 15 is 0 Å². The Morgan fingerprint density at radius 1 is 1.12 bits per heavy atom. The highest BCUT2D eigenvalue weighted by atomic mass is 16.5. The Labute approximate surface area is 153 Å². The molecule has 26 heavy (non-hydrogen) atoms. The van der Waals surface area contributed by atoms with Gasteiger partial charge in [0.1, 0.15) is 5.75 Å². The molecule has 0 N–H and O–H groups in total. The van der Waals surface area contributed by atoms with E-state index in [2.05, 4.69) is 0 Å². The van der Waals surface area contributed by atoms with E-state index in [9.17, 15) is 9.59 Å². The first kappa shape index (κ1) is 18.2. The van der Waals surface area contributed by atoms with E-state index in [0.717, 1.165) is 28.5 Å². The zero-order valence-electron chi connectivity index (χ0n) is 15.6. The number of carbonyl (C=O) groups is 2. The molecular formula is C21H24O5. The maximum atomic E-state index is 12.5. The average Bonchev–Trinajstić information content (AvgIpc) is 2.68. The van der Waals surface area contributed by atoms with Crippen molar-refractivity contribution < 1.29 is 23.8 Å². The van der Waals surface area contributed by atoms with Crippen LogP contribution in [0.2, 0.25) is 0 Å². The second-order valence-electron chi connectivity index (χ2n) is 6.96. The highest BCUT2D eigenvalue weighted by molar-refractivity contribution is 5.90. The van der Waals surface area contributed by atoms with Crippen LogP contribution in [0, 0.1) is 5.41 Å². The Kier molecular flexibility index (Phi) is 4.90. The molecule has 0 saturated carbocycles. The van der Waals surface area contributed by atoms with Gasteiger partial charge in [0.15, 0.2) is 0 Å². The first-order chi connectivity index (χ1) is 12.4. The van der Waals surface area contributed by atoms with Crippen molar-refractivity contribution in [2.75, 3.05) is 21.3 Å². The highest BCUT2D eigenvalue weighted by Gasteiger charge is 2.47. The molecule has 5 heteroatoms. The lowest BCUT2D eigenvalue weighted by Gasteiger charge is -2.40. The van der Waals surface area contributed by atoms with Crippen molar-refractivity contribution >= 4 is 22.7 Å². The number of hydrogen-bond donors (Lipinski definition) is 0. The van der Waals surface area contributed by atoms with Gasteiger partial charge in [-0.25, -0.2) is 0 Å². The van der Waals surface area contributed by atoms with Crippen molar-refractivity contribution in [1.82, 2.24) is 0 Å². The third-order valence-electron chi connectivity index (χ3n) is 5.66. The van der Waals surface area contributed by atoms with Crippen LogP contribution in [0.5, 0.6) is 5.75 Å². The van der Waals surface area contributed by atoms with Crippen molar-refractivity contribution in [1.29, 1.82) is 0 Å². The standard InChI is InChI=1S/C21H24O5/c1-21(20(23)26-4)10-9-16-15-8-6-14(24-2)11-13(15)5-7-17(16)18(21)12-19(22)25-3/h5-8,11,18H,9-10,12H2,1-4H3/t18-,21+/m0/s1. The maximum absolute atomic E-state index is 12.5. The first-order valence-electron chi connectivity index (χ1n) is 8.69. The van der Waals surface area contributed by atoms with Crippen molar-refractivity contribution in [3.05, 3.63) is 41.5 Å². The van der Waals surface area contributed by atoms with Gasteiger partial charge >= 0.3 is 11.9 Å². The molecule has 0 aliphatic heterocycles. The van der Waals surface area contributed by atoms with Crippen LogP contribution in [-0.2, 0) is 25.5 Å². The predicted octanol–water partition coefficient (Wildman–Crippen LogP) is 3.62. The molecule has 138 valence electrons. The van der Waals surface area contributed by atoms with Crippen molar-refractivity contribution in [3.8, 4) is 5.75 Å². The minimum Gasteiger partial charge on any atom is -0.497 e. The Bertz CT molecular complexity index is 857. The van der Waals surface area contributed by atoms with Gasteiger partial charge in [-0.3, -0.25) is 9.59 Å². The molecule has 0 bridgehead atoms. The second-order valence-corrected chi connectivity index (χ2v) is 6.96. The fourth-order valence-corrected chi connectivity index (χ4v) is 4.09. The minimum atomic E-state index is -0.754. The van der Waals surface area contributed by atoms with E-state index in [-0.39, 0.29) is 24.3 Å². The third kappa shape index (κ3) is 2.91. The molecule has 0 amide bonds. The molecule has 1 aliphatic carbocycles. The summed E-state index contributed by atoms with van der Waals surface area (Å²) in [7, 11) is 4.41. The molecule has 0 heterocycles. The van der Waals surface area contributed by atoms with Gasteiger partial charge in [0.2, 0.25) is 0 Å². The van der Waals surface area contributed by atoms with E-state index in [4.69, 9.17) is 14.2 Å². The highest BCUT2D eigenvalue weighted by Crippen LogP contribution is 2.49. The number of fused-ring (bicyclic) bond motifs is 3. The van der Waals surface area contributed by atoms with Crippen LogP contribution in [0.4, 0.5) is 0 Å². The monoisotopic (exact) mass is 356 g/mol. The van der Waals surface area contributed by atoms with Crippen molar-refractivity contribution in [2.45, 2.75) is 32.1 Å². The van der Waals surface area contributed by atoms with Crippen LogP contribution in [0.1, 0.15) is 36.8 Å². The average molecular weight is 356 g/mol. The molecular weight excluding hydrogens is 332 g/mol. The Morgan fingerprint density at radius 2 is 1.88 bits per heavy atom. The molecule has 0 radical (unpaired) electrons. The molecule has 5 nitrogen and oxygen atoms in total. The Hall–Kier alpha value is -2.56. The maximum Gasteiger partial charge on any atom is 0.312 e. The summed E-state index contributed by atoms with van der Waals surface area (Å²) in [5.41, 5.74) is 1.45. The topological polar surface area (TPSA) is 61.8 Å². The van der Waals surface area contributed by atoms with Crippen molar-refractivity contribution in [3.63, 3.8) is 0 Å². The summed E-state index contributed by atoms with van der Waals surface area (Å²) in [5.74, 6) is -0.0869. The SMILES string of the molecule is COC(=O)C[C@H]1c2ccc3cc(OC)ccc3c2CC[C@@]1(C)C(=O)OC. The molecule has 3 rings (SSSR count). The summed E-state index contributed by atoms with van der Waals surface area (Å²) in [5, 5.41) is 2.21. The predicted molar refractivity (Wildman–Crippen MR) is 98.3 cm³/mol. The lowest BCUT2D eigenvalue weighted by atomic mass is 9.63. The molecule has 2 aromatic carbocycles. The van der Waals surface area contributed by atoms with Gasteiger partial charge in [0.25, 0.3) is 0 Å². The molecule has 0 aromatic heterocycles. The Morgan fingerprint density at radius 3 is 2.54 bits per heavy atom. The van der Waals surface area contributed by atoms with E-state index in [1.807, 2.05) is 37.3 Å². The molecule has 0 unspecified atom stereocenters. The van der Waals surface area contributed by atoms with Crippen LogP contribution < -0.4 is 4.74 Å². The van der Waals surface area contributed by atoms with Gasteiger partial charge in [0.05, 0.1) is 33.2 Å². The lowest BCUT2D eigenvalue weighted by Crippen LogP contribution is -2.40. The number of hydrogen-bond acceptors (Lipinski definition) is 5. The summed E-state index contributed by atoms with van der Waals surface area (Å²) >= 11 is 0. The van der Waals surface area contributed by atoms with E-state index in [1.54, 1.807) is 7.11 Å². The largest absolute Gasteiger partial charge is 0.497 e. The Balaban J connectivity index is 2.16. The van der Waals surface area contributed by atoms with E-state index < -0.39 is 5.41 Å². The van der Waals surface area contributed by atoms with Gasteiger partial charge in [0, 0.05) is 5.92 Å². The number of ether oxygens (including phenoxy) is 3. The minimum absolute atomic E-state index is 0.150. The number of methoxy groups -OCH3 is 3. The zero-order valence-corrected chi connectivity index (χ0v) is 15.6. The first-order valence-corrected chi connectivity index (χ1v) is 8.69. The fourth-order valence-electron chi connectivity index (χ4n) is 4.09. The summed E-state index contributed by atoms with van der Waals surface area (Å²) in [6, 6.07) is 10.0. The number of carbonyl (C=O) groups excluding carboxylic acids is 2. The molecule has 2 atom stereocenters. The van der Waals surface area contributed by atoms with Gasteiger partial charge in [-0.15, -0.1) is 0 Å². The summed E-state index contributed by atoms with van der Waals surface area (Å²) in [6.45, 7) is 1.88. The number of benzene rings is 2. The quantitative estimate of drug-likeness (QED) is 0.783. The van der Waals surface area contributed by atoms with Crippen LogP contribution in [0.15, 0.2) is 30.3 Å². The zero-order chi connectivity index (χ0) is 18.9. The smallest absolute Gasteiger partial charge is 0.312 e. The van der Waals surface area contributed by atoms with Gasteiger partial charge in [-0.05, 0) is 53.8 Å². The summed E-state index contributed by atoms with van der Waals surface area (Å²) in [4.78, 5) is 24.6. The molecule has 0 spiro atoms. The van der Waals surface area contributed by atoms with Crippen LogP contribution >= 0.6 is 0 Å². The van der Waals surface area contributed by atoms with Crippen LogP contribution in [0.3, 0.4) is 0 Å². The summed E-state index contributed by atoms with van der Waals surface area (Å²) < 4.78 is 15.3. The fraction of sp³-hybridized carbons (Fsp3) is 0.429. The molecule has 1 aliphatic rings. The number of esters is 2. The lowest BCUT2D eigenvalue weighted by molar-refractivity contribution is -0.155. The molecule has 0 saturated heterocycles. The molecule has 0 fully saturated rings. The van der Waals surface area contributed by atoms with Gasteiger partial charge < -0.3 is 14.2 Å². The summed E-state index contributed by atoms with van der Waals surface area (Å²) in [6.07, 6.45) is 1.53. The normalized spacial score (nSPS) is 21.8.